The van der Waals surface area contributed by atoms with Gasteiger partial charge < -0.3 is 9.47 Å². The van der Waals surface area contributed by atoms with Gasteiger partial charge in [0.1, 0.15) is 0 Å². The van der Waals surface area contributed by atoms with E-state index < -0.39 is 0 Å². The van der Waals surface area contributed by atoms with Crippen molar-refractivity contribution < 1.29 is 28.7 Å². The number of benzene rings is 2. The van der Waals surface area contributed by atoms with Crippen molar-refractivity contribution in [3.63, 3.8) is 0 Å². The summed E-state index contributed by atoms with van der Waals surface area (Å²) in [5.74, 6) is 0.546. The van der Waals surface area contributed by atoms with Gasteiger partial charge in [-0.3, -0.25) is 29.0 Å². The van der Waals surface area contributed by atoms with E-state index in [1.807, 2.05) is 47.0 Å². The highest BCUT2D eigenvalue weighted by atomic mass is 32.3. The lowest BCUT2D eigenvalue weighted by molar-refractivity contribution is 0.0565. The Morgan fingerprint density at radius 2 is 0.854 bits per heavy atom. The molecule has 4 aliphatic heterocycles. The minimum absolute atomic E-state index is 0.248. The molecule has 0 aromatic heterocycles. The Morgan fingerprint density at radius 1 is 0.521 bits per heavy atom. The number of hydrogen-bond acceptors (Lipinski definition) is 14. The zero-order valence-corrected chi connectivity index (χ0v) is 32.4. The van der Waals surface area contributed by atoms with Crippen molar-refractivity contribution in [3.05, 3.63) is 96.2 Å². The van der Waals surface area contributed by atoms with E-state index in [9.17, 15) is 19.2 Å². The maximum absolute atomic E-state index is 12.5. The van der Waals surface area contributed by atoms with Crippen LogP contribution in [0, 0.1) is 0 Å². The monoisotopic (exact) mass is 794 g/mol. The Balaban J connectivity index is 0.894. The first-order valence-corrected chi connectivity index (χ1v) is 22.4. The summed E-state index contributed by atoms with van der Waals surface area (Å²) in [6.07, 6.45) is 4.21. The summed E-state index contributed by atoms with van der Waals surface area (Å²) in [5.41, 5.74) is 1.85. The predicted molar refractivity (Wildman–Crippen MR) is 209 cm³/mol. The minimum Gasteiger partial charge on any atom is -0.379 e. The molecule has 0 saturated heterocycles. The highest BCUT2D eigenvalue weighted by molar-refractivity contribution is 8.45. The molecule has 0 fully saturated rings. The Hall–Kier alpha value is -1.34. The SMILES string of the molecule is CSC1=C(SCCOCCN2C(=O)c3ccccc3C2=O)S/C(=C2/SC(SC)=C(SCCOCCN3C(=O)c4ccccc4C3=O)S2)S1. The van der Waals surface area contributed by atoms with Gasteiger partial charge in [-0.1, -0.05) is 71.3 Å². The van der Waals surface area contributed by atoms with Crippen molar-refractivity contribution in [2.45, 2.75) is 0 Å². The maximum Gasteiger partial charge on any atom is 0.261 e. The zero-order valence-electron chi connectivity index (χ0n) is 25.9. The van der Waals surface area contributed by atoms with E-state index in [4.69, 9.17) is 9.47 Å². The zero-order chi connectivity index (χ0) is 33.6. The van der Waals surface area contributed by atoms with Crippen LogP contribution < -0.4 is 0 Å². The predicted octanol–water partition coefficient (Wildman–Crippen LogP) is 8.14. The standard InChI is InChI=1S/C32H30N2O6S8/c1-41-27-29(43-17-15-39-13-11-33-23(35)19-7-3-4-8-20(19)24(33)36)47-31(45-27)32-46-28(42-2)30(48-32)44-18-16-40-14-12-34-25(37)21-9-5-6-10-22(21)26(34)38/h3-10H,11-18H2,1-2H3/b32-31-. The van der Waals surface area contributed by atoms with E-state index in [0.717, 1.165) is 11.5 Å². The minimum atomic E-state index is -0.253. The van der Waals surface area contributed by atoms with Crippen molar-refractivity contribution in [1.29, 1.82) is 0 Å². The molecule has 16 heteroatoms. The second-order valence-electron chi connectivity index (χ2n) is 10.1. The van der Waals surface area contributed by atoms with Crippen LogP contribution in [-0.2, 0) is 9.47 Å². The van der Waals surface area contributed by atoms with Crippen LogP contribution in [-0.4, -0.2) is 97.0 Å². The van der Waals surface area contributed by atoms with Gasteiger partial charge in [0.2, 0.25) is 0 Å². The Bertz CT molecular complexity index is 1530. The molecule has 4 heterocycles. The van der Waals surface area contributed by atoms with Crippen LogP contribution in [0.25, 0.3) is 0 Å². The Morgan fingerprint density at radius 3 is 1.19 bits per heavy atom. The maximum atomic E-state index is 12.5. The van der Waals surface area contributed by atoms with E-state index in [2.05, 4.69) is 12.5 Å². The fourth-order valence-corrected chi connectivity index (χ4v) is 15.9. The second kappa shape index (κ2) is 17.2. The molecular weight excluding hydrogens is 765 g/mol. The molecule has 4 amide bonds. The summed E-state index contributed by atoms with van der Waals surface area (Å²) in [6.45, 7) is 2.17. The van der Waals surface area contributed by atoms with Crippen LogP contribution in [0.5, 0.6) is 0 Å². The molecule has 0 bridgehead atoms. The smallest absolute Gasteiger partial charge is 0.261 e. The van der Waals surface area contributed by atoms with E-state index in [1.54, 1.807) is 95.6 Å². The lowest BCUT2D eigenvalue weighted by atomic mass is 10.1. The lowest BCUT2D eigenvalue weighted by Crippen LogP contribution is -2.33. The summed E-state index contributed by atoms with van der Waals surface area (Å²) in [6, 6.07) is 13.8. The number of imide groups is 2. The van der Waals surface area contributed by atoms with Crippen molar-refractivity contribution >= 4 is 118 Å². The quantitative estimate of drug-likeness (QED) is 0.121. The van der Waals surface area contributed by atoms with Crippen LogP contribution in [0.1, 0.15) is 41.4 Å². The molecule has 0 aliphatic carbocycles. The summed E-state index contributed by atoms with van der Waals surface area (Å²) in [5, 5.41) is 0. The molecule has 2 aromatic rings. The Labute approximate surface area is 313 Å². The normalized spacial score (nSPS) is 19.1. The van der Waals surface area contributed by atoms with Crippen LogP contribution in [0.15, 0.2) is 74.0 Å². The molecule has 2 aromatic carbocycles. The van der Waals surface area contributed by atoms with Crippen LogP contribution in [0.3, 0.4) is 0 Å². The van der Waals surface area contributed by atoms with E-state index in [1.165, 1.54) is 35.2 Å². The van der Waals surface area contributed by atoms with Crippen molar-refractivity contribution in [3.8, 4) is 0 Å². The molecule has 48 heavy (non-hydrogen) atoms. The van der Waals surface area contributed by atoms with Crippen LogP contribution in [0.4, 0.5) is 0 Å². The number of amides is 4. The van der Waals surface area contributed by atoms with Gasteiger partial charge in [-0.05, 0) is 36.8 Å². The highest BCUT2D eigenvalue weighted by Gasteiger charge is 2.36. The number of nitrogens with zero attached hydrogens (tertiary/aromatic N) is 2. The fourth-order valence-electron chi connectivity index (χ4n) is 4.93. The van der Waals surface area contributed by atoms with Gasteiger partial charge in [-0.15, -0.1) is 47.0 Å². The number of fused-ring (bicyclic) bond motifs is 2. The highest BCUT2D eigenvalue weighted by Crippen LogP contribution is 2.65. The number of carbonyl (C=O) groups is 4. The van der Waals surface area contributed by atoms with Gasteiger partial charge in [0.05, 0.1) is 87.2 Å². The molecule has 4 aliphatic rings. The molecule has 0 saturated carbocycles. The average molecular weight is 795 g/mol. The molecule has 8 nitrogen and oxygen atoms in total. The third-order valence-electron chi connectivity index (χ3n) is 7.21. The Kier molecular flexibility index (Phi) is 13.1. The number of rotatable bonds is 16. The van der Waals surface area contributed by atoms with Crippen molar-refractivity contribution in [2.24, 2.45) is 0 Å². The van der Waals surface area contributed by atoms with Gasteiger partial charge in [0.15, 0.2) is 0 Å². The van der Waals surface area contributed by atoms with Crippen molar-refractivity contribution in [1.82, 2.24) is 9.80 Å². The van der Waals surface area contributed by atoms with Crippen molar-refractivity contribution in [2.75, 3.05) is 63.5 Å². The number of carbonyl (C=O) groups excluding carboxylic acids is 4. The first-order chi connectivity index (χ1) is 23.4. The molecule has 0 radical (unpaired) electrons. The molecule has 0 atom stereocenters. The molecule has 0 unspecified atom stereocenters. The van der Waals surface area contributed by atoms with E-state index in [0.29, 0.717) is 48.7 Å². The van der Waals surface area contributed by atoms with E-state index in [-0.39, 0.29) is 36.7 Å². The van der Waals surface area contributed by atoms with Gasteiger partial charge >= 0.3 is 0 Å². The van der Waals surface area contributed by atoms with E-state index >= 15 is 0 Å². The average Bonchev–Trinajstić information content (AvgIpc) is 3.84. The first kappa shape index (κ1) is 36.5. The second-order valence-corrected chi connectivity index (χ2v) is 19.6. The third kappa shape index (κ3) is 8.08. The van der Waals surface area contributed by atoms with Gasteiger partial charge in [0, 0.05) is 11.5 Å². The molecule has 6 rings (SSSR count). The van der Waals surface area contributed by atoms with Gasteiger partial charge in [-0.2, -0.15) is 0 Å². The fraction of sp³-hybridized carbons (Fsp3) is 0.312. The number of ether oxygens (including phenoxy) is 2. The van der Waals surface area contributed by atoms with Gasteiger partial charge in [-0.25, -0.2) is 0 Å². The largest absolute Gasteiger partial charge is 0.379 e. The first-order valence-electron chi connectivity index (χ1n) is 14.7. The summed E-state index contributed by atoms with van der Waals surface area (Å²) >= 11 is 14.3. The van der Waals surface area contributed by atoms with Gasteiger partial charge in [0.25, 0.3) is 23.6 Å². The van der Waals surface area contributed by atoms with Crippen LogP contribution >= 0.6 is 94.1 Å². The molecule has 0 N–H and O–H groups in total. The summed E-state index contributed by atoms with van der Waals surface area (Å²) < 4.78 is 19.3. The molecular formula is C32H30N2O6S8. The molecule has 252 valence electrons. The number of thioether (sulfide) groups is 8. The number of hydrogen-bond donors (Lipinski definition) is 0. The lowest BCUT2D eigenvalue weighted by Gasteiger charge is -2.13. The molecule has 0 spiro atoms. The topological polar surface area (TPSA) is 93.2 Å². The third-order valence-corrected chi connectivity index (χ3v) is 18.4. The van der Waals surface area contributed by atoms with Crippen LogP contribution in [0.2, 0.25) is 0 Å². The summed E-state index contributed by atoms with van der Waals surface area (Å²) in [4.78, 5) is 52.7. The summed E-state index contributed by atoms with van der Waals surface area (Å²) in [7, 11) is 0.